The Kier molecular flexibility index (Phi) is 3.92. The van der Waals surface area contributed by atoms with Crippen molar-refractivity contribution in [3.05, 3.63) is 68.0 Å². The van der Waals surface area contributed by atoms with E-state index in [1.54, 1.807) is 24.3 Å². The van der Waals surface area contributed by atoms with E-state index in [1.165, 1.54) is 26.4 Å². The highest BCUT2D eigenvalue weighted by molar-refractivity contribution is 7.15. The fourth-order valence-electron chi connectivity index (χ4n) is 2.67. The van der Waals surface area contributed by atoms with Gasteiger partial charge in [-0.05, 0) is 19.1 Å². The predicted octanol–water partition coefficient (Wildman–Crippen LogP) is 1.72. The maximum atomic E-state index is 12.1. The van der Waals surface area contributed by atoms with Crippen LogP contribution in [0.25, 0.3) is 16.1 Å². The van der Waals surface area contributed by atoms with Crippen molar-refractivity contribution in [3.63, 3.8) is 0 Å². The Morgan fingerprint density at radius 3 is 2.96 bits per heavy atom. The molecule has 9 heteroatoms. The van der Waals surface area contributed by atoms with Gasteiger partial charge in [0.2, 0.25) is 0 Å². The average Bonchev–Trinajstić information content (AvgIpc) is 3.14. The molecule has 26 heavy (non-hydrogen) atoms. The van der Waals surface area contributed by atoms with E-state index in [4.69, 9.17) is 9.15 Å². The van der Waals surface area contributed by atoms with Crippen LogP contribution in [-0.4, -0.2) is 19.9 Å². The Bertz CT molecular complexity index is 1250. The Morgan fingerprint density at radius 1 is 1.31 bits per heavy atom. The van der Waals surface area contributed by atoms with Gasteiger partial charge in [0, 0.05) is 17.1 Å². The van der Waals surface area contributed by atoms with Crippen molar-refractivity contribution in [1.29, 1.82) is 0 Å². The monoisotopic (exact) mass is 371 g/mol. The molecule has 0 spiro atoms. The standard InChI is InChI=1S/C17H13N3O5S/c1-10-9-26-16-18-11(6-14(21)20(10)16)8-24-15(22)7-19-12-4-2-3-5-13(12)25-17(19)23/h2-6,9H,7-8H2,1H3. The molecule has 0 aliphatic heterocycles. The van der Waals surface area contributed by atoms with E-state index in [1.807, 2.05) is 12.3 Å². The van der Waals surface area contributed by atoms with E-state index in [-0.39, 0.29) is 18.7 Å². The first-order valence-corrected chi connectivity index (χ1v) is 8.61. The Morgan fingerprint density at radius 2 is 2.12 bits per heavy atom. The summed E-state index contributed by atoms with van der Waals surface area (Å²) in [6, 6.07) is 8.14. The quantitative estimate of drug-likeness (QED) is 0.507. The van der Waals surface area contributed by atoms with Gasteiger partial charge >= 0.3 is 11.7 Å². The van der Waals surface area contributed by atoms with Crippen molar-refractivity contribution in [2.45, 2.75) is 20.1 Å². The zero-order chi connectivity index (χ0) is 18.3. The number of aryl methyl sites for hydroxylation is 1. The maximum Gasteiger partial charge on any atom is 0.420 e. The highest BCUT2D eigenvalue weighted by Gasteiger charge is 2.14. The molecular weight excluding hydrogens is 358 g/mol. The summed E-state index contributed by atoms with van der Waals surface area (Å²) in [5.41, 5.74) is 1.85. The molecule has 3 heterocycles. The second-order valence-corrected chi connectivity index (χ2v) is 6.50. The second kappa shape index (κ2) is 6.26. The molecule has 0 amide bonds. The summed E-state index contributed by atoms with van der Waals surface area (Å²) in [6.45, 7) is 1.39. The minimum absolute atomic E-state index is 0.147. The van der Waals surface area contributed by atoms with Crippen molar-refractivity contribution >= 4 is 33.4 Å². The molecule has 0 aliphatic carbocycles. The van der Waals surface area contributed by atoms with Gasteiger partial charge in [-0.25, -0.2) is 9.78 Å². The highest BCUT2D eigenvalue weighted by atomic mass is 32.1. The van der Waals surface area contributed by atoms with E-state index in [0.29, 0.717) is 21.8 Å². The summed E-state index contributed by atoms with van der Waals surface area (Å²) in [7, 11) is 0. The lowest BCUT2D eigenvalue weighted by Gasteiger charge is -2.05. The molecule has 3 aromatic heterocycles. The largest absolute Gasteiger partial charge is 0.458 e. The van der Waals surface area contributed by atoms with Gasteiger partial charge in [-0.15, -0.1) is 11.3 Å². The van der Waals surface area contributed by atoms with Gasteiger partial charge in [-0.2, -0.15) is 0 Å². The van der Waals surface area contributed by atoms with Crippen LogP contribution in [0.15, 0.2) is 49.7 Å². The SMILES string of the molecule is Cc1csc2nc(COC(=O)Cn3c(=O)oc4ccccc43)cc(=O)n12. The van der Waals surface area contributed by atoms with Crippen LogP contribution in [0.2, 0.25) is 0 Å². The van der Waals surface area contributed by atoms with E-state index >= 15 is 0 Å². The maximum absolute atomic E-state index is 12.1. The van der Waals surface area contributed by atoms with Crippen LogP contribution in [0.3, 0.4) is 0 Å². The number of carbonyl (C=O) groups is 1. The molecule has 0 radical (unpaired) electrons. The van der Waals surface area contributed by atoms with Crippen molar-refractivity contribution in [3.8, 4) is 0 Å². The summed E-state index contributed by atoms with van der Waals surface area (Å²) in [5.74, 6) is -1.25. The Hall–Kier alpha value is -3.20. The van der Waals surface area contributed by atoms with E-state index < -0.39 is 11.7 Å². The molecule has 0 N–H and O–H groups in total. The molecule has 4 rings (SSSR count). The summed E-state index contributed by atoms with van der Waals surface area (Å²) < 4.78 is 12.9. The second-order valence-electron chi connectivity index (χ2n) is 5.66. The lowest BCUT2D eigenvalue weighted by molar-refractivity contribution is -0.145. The number of thiazole rings is 1. The topological polar surface area (TPSA) is 95.8 Å². The number of hydrogen-bond acceptors (Lipinski definition) is 7. The van der Waals surface area contributed by atoms with Gasteiger partial charge in [-0.3, -0.25) is 18.6 Å². The third kappa shape index (κ3) is 2.82. The number of hydrogen-bond donors (Lipinski definition) is 0. The summed E-state index contributed by atoms with van der Waals surface area (Å²) >= 11 is 1.34. The zero-order valence-corrected chi connectivity index (χ0v) is 14.5. The van der Waals surface area contributed by atoms with Gasteiger partial charge in [0.15, 0.2) is 10.5 Å². The van der Waals surface area contributed by atoms with Crippen molar-refractivity contribution < 1.29 is 13.9 Å². The van der Waals surface area contributed by atoms with Crippen molar-refractivity contribution in [2.75, 3.05) is 0 Å². The number of aromatic nitrogens is 3. The molecule has 0 saturated heterocycles. The number of carbonyl (C=O) groups excluding carboxylic acids is 1. The Labute approximate surface area is 149 Å². The zero-order valence-electron chi connectivity index (χ0n) is 13.7. The first-order chi connectivity index (χ1) is 12.5. The average molecular weight is 371 g/mol. The highest BCUT2D eigenvalue weighted by Crippen LogP contribution is 2.13. The summed E-state index contributed by atoms with van der Waals surface area (Å²) in [6.07, 6.45) is 0. The molecule has 0 bridgehead atoms. The molecule has 1 aromatic carbocycles. The molecule has 0 saturated carbocycles. The fraction of sp³-hybridized carbons (Fsp3) is 0.176. The number of ether oxygens (including phenoxy) is 1. The van der Waals surface area contributed by atoms with Crippen LogP contribution in [0.4, 0.5) is 0 Å². The third-order valence-electron chi connectivity index (χ3n) is 3.87. The van der Waals surface area contributed by atoms with Crippen LogP contribution in [-0.2, 0) is 22.7 Å². The fourth-order valence-corrected chi connectivity index (χ4v) is 3.56. The lowest BCUT2D eigenvalue weighted by atomic mass is 10.3. The minimum Gasteiger partial charge on any atom is -0.458 e. The summed E-state index contributed by atoms with van der Waals surface area (Å²) in [4.78, 5) is 40.9. The van der Waals surface area contributed by atoms with Crippen molar-refractivity contribution in [2.24, 2.45) is 0 Å². The minimum atomic E-state index is -0.630. The Balaban J connectivity index is 1.51. The number of rotatable bonds is 4. The molecule has 0 atom stereocenters. The van der Waals surface area contributed by atoms with Gasteiger partial charge < -0.3 is 9.15 Å². The lowest BCUT2D eigenvalue weighted by Crippen LogP contribution is -2.22. The molecule has 4 aromatic rings. The summed E-state index contributed by atoms with van der Waals surface area (Å²) in [5, 5.41) is 1.83. The van der Waals surface area contributed by atoms with Gasteiger partial charge in [0.25, 0.3) is 5.56 Å². The van der Waals surface area contributed by atoms with E-state index in [0.717, 1.165) is 5.69 Å². The normalized spacial score (nSPS) is 11.3. The van der Waals surface area contributed by atoms with E-state index in [2.05, 4.69) is 4.98 Å². The number of oxazole rings is 1. The number of nitrogens with zero attached hydrogens (tertiary/aromatic N) is 3. The molecule has 0 aliphatic rings. The van der Waals surface area contributed by atoms with Crippen LogP contribution in [0, 0.1) is 6.92 Å². The van der Waals surface area contributed by atoms with Crippen LogP contribution < -0.4 is 11.3 Å². The van der Waals surface area contributed by atoms with Crippen LogP contribution >= 0.6 is 11.3 Å². The molecule has 0 fully saturated rings. The third-order valence-corrected chi connectivity index (χ3v) is 4.81. The number of benzene rings is 1. The molecule has 8 nitrogen and oxygen atoms in total. The molecule has 0 unspecified atom stereocenters. The predicted molar refractivity (Wildman–Crippen MR) is 94.3 cm³/mol. The van der Waals surface area contributed by atoms with Gasteiger partial charge in [0.1, 0.15) is 13.2 Å². The number of para-hydroxylation sites is 2. The number of fused-ring (bicyclic) bond motifs is 2. The van der Waals surface area contributed by atoms with Gasteiger partial charge in [0.05, 0.1) is 11.2 Å². The van der Waals surface area contributed by atoms with Crippen LogP contribution in [0.5, 0.6) is 0 Å². The van der Waals surface area contributed by atoms with Crippen molar-refractivity contribution in [1.82, 2.24) is 14.0 Å². The molecular formula is C17H13N3O5S. The first kappa shape index (κ1) is 16.3. The number of esters is 1. The van der Waals surface area contributed by atoms with Crippen LogP contribution in [0.1, 0.15) is 11.4 Å². The van der Waals surface area contributed by atoms with Gasteiger partial charge in [-0.1, -0.05) is 12.1 Å². The first-order valence-electron chi connectivity index (χ1n) is 7.74. The smallest absolute Gasteiger partial charge is 0.420 e. The molecule has 132 valence electrons. The van der Waals surface area contributed by atoms with E-state index in [9.17, 15) is 14.4 Å².